The summed E-state index contributed by atoms with van der Waals surface area (Å²) in [5.74, 6) is -2.74. The van der Waals surface area contributed by atoms with E-state index in [0.29, 0.717) is 11.1 Å². The van der Waals surface area contributed by atoms with Crippen LogP contribution >= 0.6 is 11.3 Å². The Bertz CT molecular complexity index is 870. The summed E-state index contributed by atoms with van der Waals surface area (Å²) >= 11 is 1.84. The van der Waals surface area contributed by atoms with Gasteiger partial charge in [-0.25, -0.2) is 9.78 Å². The molecule has 11 heteroatoms. The SMILES string of the molecule is O=C(O)C(F)(F)F.O=C(c1cnccn1)N1CCC2(CCN(Cc3cccs3)C2)CC1. The Balaban J connectivity index is 0.000000339. The second kappa shape index (κ2) is 9.73. The zero-order valence-corrected chi connectivity index (χ0v) is 17.5. The van der Waals surface area contributed by atoms with Gasteiger partial charge in [-0.3, -0.25) is 14.7 Å². The van der Waals surface area contributed by atoms with E-state index in [4.69, 9.17) is 9.90 Å². The van der Waals surface area contributed by atoms with Crippen molar-refractivity contribution in [1.29, 1.82) is 0 Å². The van der Waals surface area contributed by atoms with E-state index in [1.165, 1.54) is 17.8 Å². The van der Waals surface area contributed by atoms with Crippen LogP contribution in [-0.4, -0.2) is 69.1 Å². The first kappa shape index (κ1) is 23.1. The highest BCUT2D eigenvalue weighted by Crippen LogP contribution is 2.41. The molecule has 4 heterocycles. The maximum absolute atomic E-state index is 12.5. The Kier molecular flexibility index (Phi) is 7.26. The highest BCUT2D eigenvalue weighted by molar-refractivity contribution is 7.09. The fourth-order valence-corrected chi connectivity index (χ4v) is 4.70. The molecule has 0 atom stereocenters. The molecule has 0 radical (unpaired) electrons. The number of likely N-dealkylation sites (tertiary alicyclic amines) is 2. The third-order valence-electron chi connectivity index (χ3n) is 5.61. The van der Waals surface area contributed by atoms with Gasteiger partial charge in [-0.05, 0) is 42.7 Å². The summed E-state index contributed by atoms with van der Waals surface area (Å²) in [6.07, 6.45) is 3.11. The zero-order chi connectivity index (χ0) is 22.5. The number of aliphatic carboxylic acids is 1. The monoisotopic (exact) mass is 456 g/mol. The van der Waals surface area contributed by atoms with Gasteiger partial charge in [-0.15, -0.1) is 11.3 Å². The molecule has 2 aliphatic rings. The number of amides is 1. The van der Waals surface area contributed by atoms with Crippen LogP contribution in [0.3, 0.4) is 0 Å². The van der Waals surface area contributed by atoms with Gasteiger partial charge in [0.2, 0.25) is 0 Å². The van der Waals surface area contributed by atoms with Gasteiger partial charge in [0.25, 0.3) is 5.91 Å². The molecule has 31 heavy (non-hydrogen) atoms. The van der Waals surface area contributed by atoms with Gasteiger partial charge in [-0.1, -0.05) is 6.07 Å². The number of carboxylic acid groups (broad SMARTS) is 1. The molecular weight excluding hydrogens is 433 g/mol. The molecular formula is C20H23F3N4O3S. The molecule has 0 saturated carbocycles. The molecule has 0 aliphatic carbocycles. The summed E-state index contributed by atoms with van der Waals surface area (Å²) in [5.41, 5.74) is 0.857. The highest BCUT2D eigenvalue weighted by atomic mass is 32.1. The molecule has 2 aromatic rings. The number of carbonyl (C=O) groups is 2. The summed E-state index contributed by atoms with van der Waals surface area (Å²) in [5, 5.41) is 9.28. The Morgan fingerprint density at radius 1 is 1.16 bits per heavy atom. The summed E-state index contributed by atoms with van der Waals surface area (Å²) < 4.78 is 31.7. The third kappa shape index (κ3) is 6.23. The average Bonchev–Trinajstić information content (AvgIpc) is 3.39. The molecule has 2 fully saturated rings. The molecule has 0 unspecified atom stereocenters. The van der Waals surface area contributed by atoms with Crippen LogP contribution in [0.2, 0.25) is 0 Å². The molecule has 1 amide bonds. The number of thiophene rings is 1. The quantitative estimate of drug-likeness (QED) is 0.763. The first-order valence-corrected chi connectivity index (χ1v) is 10.7. The van der Waals surface area contributed by atoms with Crippen LogP contribution in [0.4, 0.5) is 13.2 Å². The topological polar surface area (TPSA) is 86.6 Å². The fraction of sp³-hybridized carbons (Fsp3) is 0.500. The van der Waals surface area contributed by atoms with E-state index in [0.717, 1.165) is 39.0 Å². The molecule has 2 saturated heterocycles. The molecule has 2 aromatic heterocycles. The Morgan fingerprint density at radius 2 is 1.84 bits per heavy atom. The Morgan fingerprint density at radius 3 is 2.39 bits per heavy atom. The van der Waals surface area contributed by atoms with Crippen LogP contribution in [0.5, 0.6) is 0 Å². The van der Waals surface area contributed by atoms with E-state index in [2.05, 4.69) is 32.4 Å². The van der Waals surface area contributed by atoms with Gasteiger partial charge >= 0.3 is 12.1 Å². The van der Waals surface area contributed by atoms with Gasteiger partial charge in [0.1, 0.15) is 5.69 Å². The minimum absolute atomic E-state index is 0.0198. The smallest absolute Gasteiger partial charge is 0.475 e. The van der Waals surface area contributed by atoms with Crippen molar-refractivity contribution in [2.75, 3.05) is 26.2 Å². The van der Waals surface area contributed by atoms with Crippen molar-refractivity contribution in [3.05, 3.63) is 46.7 Å². The highest BCUT2D eigenvalue weighted by Gasteiger charge is 2.41. The van der Waals surface area contributed by atoms with E-state index in [9.17, 15) is 18.0 Å². The predicted octanol–water partition coefficient (Wildman–Crippen LogP) is 3.30. The van der Waals surface area contributed by atoms with Crippen molar-refractivity contribution in [2.45, 2.75) is 32.0 Å². The number of piperidine rings is 1. The molecule has 7 nitrogen and oxygen atoms in total. The minimum atomic E-state index is -5.08. The van der Waals surface area contributed by atoms with Crippen LogP contribution in [-0.2, 0) is 11.3 Å². The second-order valence-electron chi connectivity index (χ2n) is 7.73. The molecule has 1 spiro atoms. The van der Waals surface area contributed by atoms with Gasteiger partial charge in [-0.2, -0.15) is 13.2 Å². The molecule has 0 bridgehead atoms. The number of hydrogen-bond donors (Lipinski definition) is 1. The van der Waals surface area contributed by atoms with Crippen LogP contribution in [0.1, 0.15) is 34.6 Å². The third-order valence-corrected chi connectivity index (χ3v) is 6.47. The van der Waals surface area contributed by atoms with Crippen molar-refractivity contribution >= 4 is 23.2 Å². The van der Waals surface area contributed by atoms with E-state index in [1.54, 1.807) is 18.6 Å². The second-order valence-corrected chi connectivity index (χ2v) is 8.76. The van der Waals surface area contributed by atoms with Crippen LogP contribution in [0.25, 0.3) is 0 Å². The van der Waals surface area contributed by atoms with E-state index in [-0.39, 0.29) is 5.91 Å². The van der Waals surface area contributed by atoms with Crippen LogP contribution in [0.15, 0.2) is 36.1 Å². The van der Waals surface area contributed by atoms with Crippen molar-refractivity contribution in [3.63, 3.8) is 0 Å². The maximum atomic E-state index is 12.5. The number of alkyl halides is 3. The number of halogens is 3. The molecule has 4 rings (SSSR count). The van der Waals surface area contributed by atoms with Gasteiger partial charge in [0.05, 0.1) is 6.20 Å². The lowest BCUT2D eigenvalue weighted by molar-refractivity contribution is -0.192. The number of hydrogen-bond acceptors (Lipinski definition) is 6. The first-order valence-electron chi connectivity index (χ1n) is 9.79. The molecule has 2 aliphatic heterocycles. The van der Waals surface area contributed by atoms with Crippen molar-refractivity contribution in [2.24, 2.45) is 5.41 Å². The summed E-state index contributed by atoms with van der Waals surface area (Å²) in [4.78, 5) is 35.5. The molecule has 168 valence electrons. The first-order chi connectivity index (χ1) is 14.7. The average molecular weight is 456 g/mol. The standard InChI is InChI=1S/C18H22N4OS.C2HF3O2/c23-17(16-12-19-6-7-20-16)22-9-4-18(5-10-22)3-8-21(14-18)13-15-2-1-11-24-15;3-2(4,5)1(6)7/h1-2,6-7,11-12H,3-5,8-10,13-14H2;(H,6,7). The number of aromatic nitrogens is 2. The van der Waals surface area contributed by atoms with Gasteiger partial charge < -0.3 is 10.0 Å². The van der Waals surface area contributed by atoms with Crippen molar-refractivity contribution in [1.82, 2.24) is 19.8 Å². The van der Waals surface area contributed by atoms with E-state index in [1.807, 2.05) is 16.2 Å². The zero-order valence-electron chi connectivity index (χ0n) is 16.7. The van der Waals surface area contributed by atoms with Crippen LogP contribution < -0.4 is 0 Å². The normalized spacial score (nSPS) is 18.5. The molecule has 1 N–H and O–H groups in total. The Hall–Kier alpha value is -2.53. The van der Waals surface area contributed by atoms with Crippen LogP contribution in [0, 0.1) is 5.41 Å². The van der Waals surface area contributed by atoms with Gasteiger partial charge in [0.15, 0.2) is 0 Å². The number of nitrogens with zero attached hydrogens (tertiary/aromatic N) is 4. The predicted molar refractivity (Wildman–Crippen MR) is 108 cm³/mol. The lowest BCUT2D eigenvalue weighted by Crippen LogP contribution is -2.44. The van der Waals surface area contributed by atoms with E-state index >= 15 is 0 Å². The summed E-state index contributed by atoms with van der Waals surface area (Å²) in [6, 6.07) is 4.35. The number of carbonyl (C=O) groups excluding carboxylic acids is 1. The lowest BCUT2D eigenvalue weighted by Gasteiger charge is -2.39. The number of carboxylic acids is 1. The fourth-order valence-electron chi connectivity index (χ4n) is 3.95. The lowest BCUT2D eigenvalue weighted by atomic mass is 9.77. The summed E-state index contributed by atoms with van der Waals surface area (Å²) in [6.45, 7) is 5.08. The largest absolute Gasteiger partial charge is 0.490 e. The number of rotatable bonds is 3. The van der Waals surface area contributed by atoms with E-state index < -0.39 is 12.1 Å². The Labute approximate surface area is 181 Å². The van der Waals surface area contributed by atoms with Crippen molar-refractivity contribution in [3.8, 4) is 0 Å². The molecule has 0 aromatic carbocycles. The maximum Gasteiger partial charge on any atom is 0.490 e. The van der Waals surface area contributed by atoms with Crippen molar-refractivity contribution < 1.29 is 27.9 Å². The summed E-state index contributed by atoms with van der Waals surface area (Å²) in [7, 11) is 0. The van der Waals surface area contributed by atoms with Gasteiger partial charge in [0, 0.05) is 43.4 Å². The minimum Gasteiger partial charge on any atom is -0.475 e.